The van der Waals surface area contributed by atoms with Gasteiger partial charge in [-0.2, -0.15) is 0 Å². The summed E-state index contributed by atoms with van der Waals surface area (Å²) >= 11 is 13.0. The molecular formula is C12H9Cl2N3O3S. The molecule has 9 heteroatoms. The molecule has 110 valence electrons. The average molecular weight is 346 g/mol. The van der Waals surface area contributed by atoms with Crippen LogP contribution in [0.25, 0.3) is 0 Å². The number of hydrogen-bond acceptors (Lipinski definition) is 5. The maximum absolute atomic E-state index is 12.3. The molecule has 0 spiro atoms. The highest BCUT2D eigenvalue weighted by Gasteiger charge is 2.22. The van der Waals surface area contributed by atoms with E-state index in [1.165, 1.54) is 22.3 Å². The molecule has 0 N–H and O–H groups in total. The number of benzene rings is 1. The van der Waals surface area contributed by atoms with Gasteiger partial charge in [-0.1, -0.05) is 23.2 Å². The molecule has 0 unspecified atom stereocenters. The van der Waals surface area contributed by atoms with E-state index in [2.05, 4.69) is 4.98 Å². The molecule has 0 aliphatic carbocycles. The second-order valence-corrected chi connectivity index (χ2v) is 5.69. The number of nitro groups is 1. The molecular weight excluding hydrogens is 337 g/mol. The van der Waals surface area contributed by atoms with E-state index in [-0.39, 0.29) is 15.6 Å². The number of thiazole rings is 1. The molecule has 1 amide bonds. The molecule has 2 aromatic rings. The minimum atomic E-state index is -0.675. The fourth-order valence-corrected chi connectivity index (χ4v) is 2.62. The molecule has 21 heavy (non-hydrogen) atoms. The van der Waals surface area contributed by atoms with Gasteiger partial charge in [0.2, 0.25) is 0 Å². The van der Waals surface area contributed by atoms with Crippen LogP contribution in [0.3, 0.4) is 0 Å². The third-order valence-corrected chi connectivity index (χ3v) is 4.11. The number of aromatic nitrogens is 1. The van der Waals surface area contributed by atoms with Crippen molar-refractivity contribution in [2.24, 2.45) is 0 Å². The second kappa shape index (κ2) is 6.38. The molecule has 0 aliphatic heterocycles. The first-order valence-corrected chi connectivity index (χ1v) is 7.36. The number of rotatable bonds is 4. The zero-order valence-electron chi connectivity index (χ0n) is 10.7. The van der Waals surface area contributed by atoms with E-state index in [0.717, 1.165) is 11.8 Å². The molecule has 0 bridgehead atoms. The maximum Gasteiger partial charge on any atom is 0.290 e. The lowest BCUT2D eigenvalue weighted by Crippen LogP contribution is -2.26. The summed E-state index contributed by atoms with van der Waals surface area (Å²) in [7, 11) is 1.58. The number of carbonyl (C=O) groups is 1. The molecule has 6 nitrogen and oxygen atoms in total. The number of halogens is 2. The van der Waals surface area contributed by atoms with Crippen molar-refractivity contribution >= 4 is 46.1 Å². The van der Waals surface area contributed by atoms with E-state index >= 15 is 0 Å². The zero-order valence-corrected chi connectivity index (χ0v) is 13.1. The van der Waals surface area contributed by atoms with Crippen LogP contribution >= 0.6 is 34.5 Å². The molecule has 0 fully saturated rings. The Hall–Kier alpha value is -1.70. The first-order valence-electron chi connectivity index (χ1n) is 5.66. The van der Waals surface area contributed by atoms with Crippen LogP contribution in [0.15, 0.2) is 23.0 Å². The highest BCUT2D eigenvalue weighted by molar-refractivity contribution is 7.07. The predicted molar refractivity (Wildman–Crippen MR) is 81.0 cm³/mol. The molecule has 0 saturated carbocycles. The van der Waals surface area contributed by atoms with E-state index in [0.29, 0.717) is 6.54 Å². The van der Waals surface area contributed by atoms with Crippen LogP contribution in [0.2, 0.25) is 10.0 Å². The topological polar surface area (TPSA) is 76.3 Å². The largest absolute Gasteiger partial charge is 0.336 e. The molecule has 1 heterocycles. The predicted octanol–water partition coefficient (Wildman–Crippen LogP) is 3.63. The molecule has 0 aliphatic rings. The van der Waals surface area contributed by atoms with E-state index in [1.54, 1.807) is 12.6 Å². The molecule has 1 aromatic carbocycles. The lowest BCUT2D eigenvalue weighted by molar-refractivity contribution is -0.384. The Morgan fingerprint density at radius 1 is 1.48 bits per heavy atom. The van der Waals surface area contributed by atoms with Crippen molar-refractivity contribution in [3.63, 3.8) is 0 Å². The summed E-state index contributed by atoms with van der Waals surface area (Å²) < 4.78 is 0. The van der Waals surface area contributed by atoms with Crippen molar-refractivity contribution in [1.29, 1.82) is 0 Å². The fraction of sp³-hybridized carbons (Fsp3) is 0.167. The summed E-state index contributed by atoms with van der Waals surface area (Å²) in [5.74, 6) is -0.398. The lowest BCUT2D eigenvalue weighted by atomic mass is 10.1. The minimum Gasteiger partial charge on any atom is -0.336 e. The van der Waals surface area contributed by atoms with Gasteiger partial charge in [0.15, 0.2) is 0 Å². The van der Waals surface area contributed by atoms with Gasteiger partial charge < -0.3 is 4.90 Å². The number of nitro benzene ring substituents is 1. The van der Waals surface area contributed by atoms with E-state index in [4.69, 9.17) is 23.2 Å². The van der Waals surface area contributed by atoms with Crippen molar-refractivity contribution in [3.05, 3.63) is 54.4 Å². The van der Waals surface area contributed by atoms with Crippen LogP contribution in [0.4, 0.5) is 5.69 Å². The summed E-state index contributed by atoms with van der Waals surface area (Å²) in [6.07, 6.45) is 0. The average Bonchev–Trinajstić information content (AvgIpc) is 2.93. The van der Waals surface area contributed by atoms with Gasteiger partial charge in [-0.15, -0.1) is 11.3 Å². The van der Waals surface area contributed by atoms with E-state index in [9.17, 15) is 14.9 Å². The summed E-state index contributed by atoms with van der Waals surface area (Å²) in [5.41, 5.74) is 2.12. The zero-order chi connectivity index (χ0) is 15.6. The van der Waals surface area contributed by atoms with Crippen molar-refractivity contribution < 1.29 is 9.72 Å². The first-order chi connectivity index (χ1) is 9.90. The third-order valence-electron chi connectivity index (χ3n) is 2.68. The highest BCUT2D eigenvalue weighted by Crippen LogP contribution is 2.33. The molecule has 0 saturated heterocycles. The van der Waals surface area contributed by atoms with Crippen molar-refractivity contribution in [3.8, 4) is 0 Å². The standard InChI is InChI=1S/C12H9Cl2N3O3S/c1-16(4-8-5-21-6-15-8)12(18)7-2-9(13)11(14)10(3-7)17(19)20/h2-3,5-6H,4H2,1H3. The van der Waals surface area contributed by atoms with Crippen molar-refractivity contribution in [2.45, 2.75) is 6.54 Å². The highest BCUT2D eigenvalue weighted by atomic mass is 35.5. The van der Waals surface area contributed by atoms with Crippen LogP contribution in [-0.2, 0) is 6.54 Å². The van der Waals surface area contributed by atoms with Crippen LogP contribution in [0, 0.1) is 10.1 Å². The van der Waals surface area contributed by atoms with Gasteiger partial charge in [0, 0.05) is 24.1 Å². The lowest BCUT2D eigenvalue weighted by Gasteiger charge is -2.16. The summed E-state index contributed by atoms with van der Waals surface area (Å²) in [4.78, 5) is 28.0. The quantitative estimate of drug-likeness (QED) is 0.626. The van der Waals surface area contributed by atoms with Crippen molar-refractivity contribution in [1.82, 2.24) is 9.88 Å². The number of hydrogen-bond donors (Lipinski definition) is 0. The number of carbonyl (C=O) groups excluding carboxylic acids is 1. The van der Waals surface area contributed by atoms with E-state index in [1.807, 2.05) is 5.38 Å². The fourth-order valence-electron chi connectivity index (χ4n) is 1.68. The Morgan fingerprint density at radius 2 is 2.19 bits per heavy atom. The molecule has 2 rings (SSSR count). The molecule has 0 radical (unpaired) electrons. The smallest absolute Gasteiger partial charge is 0.290 e. The first kappa shape index (κ1) is 15.7. The number of amides is 1. The van der Waals surface area contributed by atoms with Gasteiger partial charge in [-0.05, 0) is 6.07 Å². The number of nitrogens with zero attached hydrogens (tertiary/aromatic N) is 3. The normalized spacial score (nSPS) is 10.4. The van der Waals surface area contributed by atoms with Crippen LogP contribution < -0.4 is 0 Å². The second-order valence-electron chi connectivity index (χ2n) is 4.19. The Morgan fingerprint density at radius 3 is 2.76 bits per heavy atom. The summed E-state index contributed by atoms with van der Waals surface area (Å²) in [6, 6.07) is 2.44. The van der Waals surface area contributed by atoms with Gasteiger partial charge >= 0.3 is 0 Å². The van der Waals surface area contributed by atoms with Gasteiger partial charge in [0.25, 0.3) is 11.6 Å². The van der Waals surface area contributed by atoms with Gasteiger partial charge in [0.1, 0.15) is 5.02 Å². The van der Waals surface area contributed by atoms with Crippen molar-refractivity contribution in [2.75, 3.05) is 7.05 Å². The van der Waals surface area contributed by atoms with Crippen LogP contribution in [0.1, 0.15) is 16.1 Å². The third kappa shape index (κ3) is 3.49. The Labute approximate surface area is 134 Å². The summed E-state index contributed by atoms with van der Waals surface area (Å²) in [6.45, 7) is 0.302. The van der Waals surface area contributed by atoms with Gasteiger partial charge in [-0.3, -0.25) is 14.9 Å². The van der Waals surface area contributed by atoms with E-state index < -0.39 is 16.5 Å². The monoisotopic (exact) mass is 345 g/mol. The summed E-state index contributed by atoms with van der Waals surface area (Å²) in [5, 5.41) is 12.5. The van der Waals surface area contributed by atoms with Crippen LogP contribution in [0.5, 0.6) is 0 Å². The SMILES string of the molecule is CN(Cc1cscn1)C(=O)c1cc(Cl)c(Cl)c([N+](=O)[O-])c1. The molecule has 1 aromatic heterocycles. The van der Waals surface area contributed by atoms with Gasteiger partial charge in [0.05, 0.1) is 27.7 Å². The maximum atomic E-state index is 12.3. The Balaban J connectivity index is 2.28. The Kier molecular flexibility index (Phi) is 4.76. The Bertz CT molecular complexity index is 691. The van der Waals surface area contributed by atoms with Crippen LogP contribution in [-0.4, -0.2) is 27.8 Å². The van der Waals surface area contributed by atoms with Gasteiger partial charge in [-0.25, -0.2) is 4.98 Å². The molecule has 0 atom stereocenters. The minimum absolute atomic E-state index is 0.0312.